The van der Waals surface area contributed by atoms with Gasteiger partial charge in [0, 0.05) is 47.9 Å². The smallest absolute Gasteiger partial charge is 0.256 e. The Labute approximate surface area is 212 Å². The second-order valence-electron chi connectivity index (χ2n) is 9.19. The number of carbonyl (C=O) groups excluding carboxylic acids is 1. The van der Waals surface area contributed by atoms with Gasteiger partial charge in [0.15, 0.2) is 0 Å². The molecule has 1 saturated heterocycles. The van der Waals surface area contributed by atoms with E-state index >= 15 is 0 Å². The van der Waals surface area contributed by atoms with Crippen molar-refractivity contribution in [3.63, 3.8) is 0 Å². The number of aromatic nitrogens is 1. The minimum absolute atomic E-state index is 0.184. The first-order valence-corrected chi connectivity index (χ1v) is 12.4. The van der Waals surface area contributed by atoms with Crippen LogP contribution >= 0.6 is 11.6 Å². The van der Waals surface area contributed by atoms with Gasteiger partial charge in [0.25, 0.3) is 5.91 Å². The molecular formula is C28H32ClN3O3. The highest BCUT2D eigenvalue weighted by Crippen LogP contribution is 2.26. The zero-order chi connectivity index (χ0) is 24.6. The lowest BCUT2D eigenvalue weighted by molar-refractivity contribution is 0.0342. The van der Waals surface area contributed by atoms with Crippen molar-refractivity contribution in [2.75, 3.05) is 38.2 Å². The van der Waals surface area contributed by atoms with Crippen LogP contribution < -0.4 is 10.1 Å². The van der Waals surface area contributed by atoms with E-state index in [0.29, 0.717) is 35.3 Å². The lowest BCUT2D eigenvalue weighted by Crippen LogP contribution is -2.35. The molecule has 6 nitrogen and oxygen atoms in total. The maximum absolute atomic E-state index is 12.8. The van der Waals surface area contributed by atoms with E-state index in [2.05, 4.69) is 29.0 Å². The molecule has 0 spiro atoms. The van der Waals surface area contributed by atoms with Crippen molar-refractivity contribution in [3.05, 3.63) is 88.1 Å². The third kappa shape index (κ3) is 7.52. The number of anilines is 1. The zero-order valence-corrected chi connectivity index (χ0v) is 21.1. The highest BCUT2D eigenvalue weighted by atomic mass is 35.5. The van der Waals surface area contributed by atoms with Gasteiger partial charge in [-0.1, -0.05) is 43.6 Å². The van der Waals surface area contributed by atoms with E-state index in [4.69, 9.17) is 21.1 Å². The zero-order valence-electron chi connectivity index (χ0n) is 20.3. The summed E-state index contributed by atoms with van der Waals surface area (Å²) in [6, 6.07) is 19.0. The number of hydrogen-bond acceptors (Lipinski definition) is 5. The Morgan fingerprint density at radius 3 is 2.63 bits per heavy atom. The lowest BCUT2D eigenvalue weighted by atomic mass is 10.1. The van der Waals surface area contributed by atoms with Crippen LogP contribution in [-0.4, -0.2) is 48.7 Å². The van der Waals surface area contributed by atoms with Crippen LogP contribution in [0.5, 0.6) is 5.75 Å². The number of pyridine rings is 1. The van der Waals surface area contributed by atoms with Crippen molar-refractivity contribution >= 4 is 23.3 Å². The summed E-state index contributed by atoms with van der Waals surface area (Å²) >= 11 is 6.24. The highest BCUT2D eigenvalue weighted by Gasteiger charge is 2.13. The summed E-state index contributed by atoms with van der Waals surface area (Å²) in [6.07, 6.45) is 0.550. The van der Waals surface area contributed by atoms with Gasteiger partial charge >= 0.3 is 0 Å². The van der Waals surface area contributed by atoms with Crippen LogP contribution in [0.2, 0.25) is 5.02 Å². The van der Waals surface area contributed by atoms with Crippen LogP contribution in [0, 0.1) is 5.92 Å². The highest BCUT2D eigenvalue weighted by molar-refractivity contribution is 6.30. The van der Waals surface area contributed by atoms with Gasteiger partial charge in [-0.3, -0.25) is 9.69 Å². The Morgan fingerprint density at radius 2 is 1.89 bits per heavy atom. The molecule has 1 amide bonds. The van der Waals surface area contributed by atoms with E-state index in [1.165, 1.54) is 5.56 Å². The third-order valence-corrected chi connectivity index (χ3v) is 5.98. The maximum atomic E-state index is 12.8. The van der Waals surface area contributed by atoms with E-state index in [1.54, 1.807) is 6.07 Å². The van der Waals surface area contributed by atoms with Crippen LogP contribution in [0.4, 0.5) is 5.82 Å². The monoisotopic (exact) mass is 493 g/mol. The minimum Gasteiger partial charge on any atom is -0.493 e. The van der Waals surface area contributed by atoms with Crippen LogP contribution in [0.1, 0.15) is 41.0 Å². The predicted octanol–water partition coefficient (Wildman–Crippen LogP) is 5.45. The largest absolute Gasteiger partial charge is 0.493 e. The van der Waals surface area contributed by atoms with E-state index < -0.39 is 0 Å². The first kappa shape index (κ1) is 25.2. The molecule has 1 N–H and O–H groups in total. The Balaban J connectivity index is 1.39. The molecule has 1 aliphatic rings. The summed E-state index contributed by atoms with van der Waals surface area (Å²) in [6.45, 7) is 9.13. The lowest BCUT2D eigenvalue weighted by Gasteiger charge is -2.26. The summed E-state index contributed by atoms with van der Waals surface area (Å²) in [7, 11) is 0. The van der Waals surface area contributed by atoms with Gasteiger partial charge in [0.2, 0.25) is 0 Å². The Morgan fingerprint density at radius 1 is 1.11 bits per heavy atom. The normalized spacial score (nSPS) is 14.2. The summed E-state index contributed by atoms with van der Waals surface area (Å²) in [4.78, 5) is 19.8. The number of nitrogens with zero attached hydrogens (tertiary/aromatic N) is 2. The molecule has 0 unspecified atom stereocenters. The summed E-state index contributed by atoms with van der Waals surface area (Å²) in [5.41, 5.74) is 3.56. The van der Waals surface area contributed by atoms with Crippen molar-refractivity contribution in [1.29, 1.82) is 0 Å². The average molecular weight is 494 g/mol. The van der Waals surface area contributed by atoms with Crippen LogP contribution in [0.25, 0.3) is 0 Å². The molecule has 7 heteroatoms. The number of ether oxygens (including phenoxy) is 2. The first-order chi connectivity index (χ1) is 17.0. The van der Waals surface area contributed by atoms with E-state index in [0.717, 1.165) is 49.9 Å². The van der Waals surface area contributed by atoms with Crippen LogP contribution in [-0.2, 0) is 17.7 Å². The van der Waals surface area contributed by atoms with Gasteiger partial charge in [0.1, 0.15) is 11.6 Å². The molecule has 0 atom stereocenters. The third-order valence-electron chi connectivity index (χ3n) is 5.74. The molecule has 184 valence electrons. The van der Waals surface area contributed by atoms with Gasteiger partial charge in [0.05, 0.1) is 19.8 Å². The SMILES string of the molecule is CC(C)COc1ccc(Cl)cc1Cc1cccc(NC(=O)c2ccc(CN3CCOCC3)cc2)n1. The Kier molecular flexibility index (Phi) is 8.74. The van der Waals surface area contributed by atoms with Gasteiger partial charge in [-0.15, -0.1) is 0 Å². The second-order valence-corrected chi connectivity index (χ2v) is 9.62. The molecule has 4 rings (SSSR count). The fourth-order valence-electron chi connectivity index (χ4n) is 3.89. The molecule has 1 aromatic heterocycles. The van der Waals surface area contributed by atoms with E-state index in [-0.39, 0.29) is 5.91 Å². The topological polar surface area (TPSA) is 63.7 Å². The Bertz CT molecular complexity index is 1130. The molecule has 0 bridgehead atoms. The summed E-state index contributed by atoms with van der Waals surface area (Å²) < 4.78 is 11.4. The molecule has 1 aliphatic heterocycles. The standard InChI is InChI=1S/C28H32ClN3O3/c1-20(2)19-35-26-11-10-24(29)16-23(26)17-25-4-3-5-27(30-25)31-28(33)22-8-6-21(7-9-22)18-32-12-14-34-15-13-32/h3-11,16,20H,12-15,17-19H2,1-2H3,(H,30,31,33). The molecule has 0 saturated carbocycles. The fourth-order valence-corrected chi connectivity index (χ4v) is 4.09. The molecule has 3 aromatic rings. The number of amides is 1. The molecule has 2 aromatic carbocycles. The van der Waals surface area contributed by atoms with Crippen molar-refractivity contribution in [2.45, 2.75) is 26.8 Å². The molecule has 35 heavy (non-hydrogen) atoms. The van der Waals surface area contributed by atoms with Crippen molar-refractivity contribution in [1.82, 2.24) is 9.88 Å². The molecule has 0 radical (unpaired) electrons. The number of benzene rings is 2. The van der Waals surface area contributed by atoms with Gasteiger partial charge in [-0.2, -0.15) is 0 Å². The quantitative estimate of drug-likeness (QED) is 0.429. The number of hydrogen-bond donors (Lipinski definition) is 1. The van der Waals surface area contributed by atoms with E-state index in [9.17, 15) is 4.79 Å². The van der Waals surface area contributed by atoms with Gasteiger partial charge in [-0.05, 0) is 53.9 Å². The minimum atomic E-state index is -0.184. The number of carbonyl (C=O) groups is 1. The van der Waals surface area contributed by atoms with Crippen LogP contribution in [0.15, 0.2) is 60.7 Å². The number of nitrogens with one attached hydrogen (secondary N) is 1. The van der Waals surface area contributed by atoms with Gasteiger partial charge in [-0.25, -0.2) is 4.98 Å². The number of halogens is 1. The summed E-state index contributed by atoms with van der Waals surface area (Å²) in [5, 5.41) is 3.57. The van der Waals surface area contributed by atoms with Crippen LogP contribution in [0.3, 0.4) is 0 Å². The second kappa shape index (κ2) is 12.2. The molecular weight excluding hydrogens is 462 g/mol. The molecule has 2 heterocycles. The summed E-state index contributed by atoms with van der Waals surface area (Å²) in [5.74, 6) is 1.55. The van der Waals surface area contributed by atoms with E-state index in [1.807, 2.05) is 54.6 Å². The van der Waals surface area contributed by atoms with Crippen molar-refractivity contribution in [2.24, 2.45) is 5.92 Å². The Hall–Kier alpha value is -2.93. The average Bonchev–Trinajstić information content (AvgIpc) is 2.85. The fraction of sp³-hybridized carbons (Fsp3) is 0.357. The molecule has 0 aliphatic carbocycles. The number of morpholine rings is 1. The maximum Gasteiger partial charge on any atom is 0.256 e. The van der Waals surface area contributed by atoms with Crippen molar-refractivity contribution in [3.8, 4) is 5.75 Å². The predicted molar refractivity (Wildman–Crippen MR) is 139 cm³/mol. The van der Waals surface area contributed by atoms with Crippen molar-refractivity contribution < 1.29 is 14.3 Å². The number of rotatable bonds is 9. The van der Waals surface area contributed by atoms with Gasteiger partial charge < -0.3 is 14.8 Å². The first-order valence-electron chi connectivity index (χ1n) is 12.0. The molecule has 1 fully saturated rings.